The molecular weight excluding hydrogens is 296 g/mol. The molecule has 2 amide bonds. The van der Waals surface area contributed by atoms with E-state index < -0.39 is 5.60 Å². The molecule has 116 valence electrons. The second-order valence-corrected chi connectivity index (χ2v) is 6.77. The molecule has 4 nitrogen and oxygen atoms in total. The van der Waals surface area contributed by atoms with Crippen LogP contribution in [0, 0.1) is 6.92 Å². The number of benzene rings is 1. The molecule has 1 aromatic carbocycles. The van der Waals surface area contributed by atoms with Crippen molar-refractivity contribution in [3.63, 3.8) is 0 Å². The van der Waals surface area contributed by atoms with Gasteiger partial charge in [0, 0.05) is 10.6 Å². The van der Waals surface area contributed by atoms with Crippen molar-refractivity contribution in [2.45, 2.75) is 31.8 Å². The number of urea groups is 1. The summed E-state index contributed by atoms with van der Waals surface area (Å²) in [6.45, 7) is 2.18. The average molecular weight is 316 g/mol. The monoisotopic (exact) mass is 316 g/mol. The molecule has 1 atom stereocenters. The summed E-state index contributed by atoms with van der Waals surface area (Å²) in [5, 5.41) is 18.5. The third-order valence-corrected chi connectivity index (χ3v) is 5.16. The van der Waals surface area contributed by atoms with Gasteiger partial charge in [-0.25, -0.2) is 4.79 Å². The molecule has 0 spiro atoms. The molecule has 0 saturated carbocycles. The highest BCUT2D eigenvalue weighted by Crippen LogP contribution is 2.37. The minimum absolute atomic E-state index is 0.231. The molecule has 22 heavy (non-hydrogen) atoms. The number of para-hydroxylation sites is 1. The number of aliphatic hydroxyl groups is 1. The van der Waals surface area contributed by atoms with Crippen molar-refractivity contribution in [3.05, 3.63) is 51.7 Å². The third kappa shape index (κ3) is 3.00. The fourth-order valence-electron chi connectivity index (χ4n) is 2.91. The van der Waals surface area contributed by atoms with E-state index in [2.05, 4.69) is 10.6 Å². The van der Waals surface area contributed by atoms with Gasteiger partial charge < -0.3 is 15.7 Å². The first-order chi connectivity index (χ1) is 10.6. The Balaban J connectivity index is 1.64. The first-order valence-electron chi connectivity index (χ1n) is 7.48. The van der Waals surface area contributed by atoms with Gasteiger partial charge in [-0.3, -0.25) is 0 Å². The Bertz CT molecular complexity index is 683. The van der Waals surface area contributed by atoms with Crippen molar-refractivity contribution in [1.82, 2.24) is 5.32 Å². The van der Waals surface area contributed by atoms with Gasteiger partial charge in [-0.15, -0.1) is 11.3 Å². The van der Waals surface area contributed by atoms with Crippen LogP contribution in [0.5, 0.6) is 0 Å². The largest absolute Gasteiger partial charge is 0.383 e. The molecule has 1 aromatic heterocycles. The highest BCUT2D eigenvalue weighted by Gasteiger charge is 2.35. The van der Waals surface area contributed by atoms with Crippen LogP contribution in [-0.4, -0.2) is 17.7 Å². The van der Waals surface area contributed by atoms with E-state index in [1.807, 2.05) is 42.6 Å². The van der Waals surface area contributed by atoms with Crippen LogP contribution < -0.4 is 10.6 Å². The smallest absolute Gasteiger partial charge is 0.319 e. The number of anilines is 1. The number of amides is 2. The number of hydrogen-bond acceptors (Lipinski definition) is 3. The van der Waals surface area contributed by atoms with Crippen LogP contribution in [0.15, 0.2) is 35.7 Å². The lowest BCUT2D eigenvalue weighted by Gasteiger charge is -2.32. The summed E-state index contributed by atoms with van der Waals surface area (Å²) in [6.07, 6.45) is 2.65. The molecule has 1 heterocycles. The predicted molar refractivity (Wildman–Crippen MR) is 89.4 cm³/mol. The Morgan fingerprint density at radius 1 is 1.36 bits per heavy atom. The molecule has 0 bridgehead atoms. The van der Waals surface area contributed by atoms with Crippen molar-refractivity contribution in [1.29, 1.82) is 0 Å². The van der Waals surface area contributed by atoms with Gasteiger partial charge >= 0.3 is 6.03 Å². The van der Waals surface area contributed by atoms with Gasteiger partial charge in [-0.1, -0.05) is 18.2 Å². The average Bonchev–Trinajstić information content (AvgIpc) is 2.98. The fraction of sp³-hybridized carbons (Fsp3) is 0.353. The molecule has 1 aliphatic rings. The maximum Gasteiger partial charge on any atom is 0.319 e. The van der Waals surface area contributed by atoms with Crippen molar-refractivity contribution < 1.29 is 9.90 Å². The molecule has 1 unspecified atom stereocenters. The Labute approximate surface area is 134 Å². The number of nitrogens with one attached hydrogen (secondary N) is 2. The van der Waals surface area contributed by atoms with Gasteiger partial charge in [0.2, 0.25) is 0 Å². The van der Waals surface area contributed by atoms with E-state index in [0.717, 1.165) is 29.7 Å². The summed E-state index contributed by atoms with van der Waals surface area (Å²) >= 11 is 1.68. The summed E-state index contributed by atoms with van der Waals surface area (Å²) in [4.78, 5) is 13.3. The van der Waals surface area contributed by atoms with Crippen LogP contribution in [-0.2, 0) is 12.0 Å². The number of carbonyl (C=O) groups excluding carboxylic acids is 1. The maximum atomic E-state index is 12.1. The summed E-state index contributed by atoms with van der Waals surface area (Å²) in [5.41, 5.74) is 1.82. The second-order valence-electron chi connectivity index (χ2n) is 5.77. The van der Waals surface area contributed by atoms with Crippen molar-refractivity contribution in [2.75, 3.05) is 11.9 Å². The molecule has 0 radical (unpaired) electrons. The number of carbonyl (C=O) groups is 1. The summed E-state index contributed by atoms with van der Waals surface area (Å²) in [7, 11) is 0. The van der Waals surface area contributed by atoms with E-state index in [9.17, 15) is 9.90 Å². The number of hydrogen-bond donors (Lipinski definition) is 3. The summed E-state index contributed by atoms with van der Waals surface area (Å²) in [5.74, 6) is 0. The van der Waals surface area contributed by atoms with Crippen molar-refractivity contribution in [2.24, 2.45) is 0 Å². The van der Waals surface area contributed by atoms with E-state index in [1.165, 1.54) is 4.88 Å². The third-order valence-electron chi connectivity index (χ3n) is 4.18. The number of aryl methyl sites for hydroxylation is 2. The zero-order valence-corrected chi connectivity index (χ0v) is 13.4. The van der Waals surface area contributed by atoms with Crippen molar-refractivity contribution >= 4 is 23.1 Å². The van der Waals surface area contributed by atoms with Gasteiger partial charge in [-0.2, -0.15) is 0 Å². The normalized spacial score (nSPS) is 20.3. The highest BCUT2D eigenvalue weighted by molar-refractivity contribution is 7.10. The molecule has 0 saturated heterocycles. The van der Waals surface area contributed by atoms with Crippen LogP contribution in [0.3, 0.4) is 0 Å². The SMILES string of the molecule is Cc1ccccc1NC(=O)NCC1(O)CCCc2sccc21. The van der Waals surface area contributed by atoms with Gasteiger partial charge in [-0.05, 0) is 54.8 Å². The van der Waals surface area contributed by atoms with E-state index in [4.69, 9.17) is 0 Å². The first-order valence-corrected chi connectivity index (χ1v) is 8.36. The zero-order valence-electron chi connectivity index (χ0n) is 12.6. The van der Waals surface area contributed by atoms with Gasteiger partial charge in [0.15, 0.2) is 0 Å². The predicted octanol–water partition coefficient (Wildman–Crippen LogP) is 3.40. The van der Waals surface area contributed by atoms with E-state index >= 15 is 0 Å². The van der Waals surface area contributed by atoms with E-state index in [-0.39, 0.29) is 12.6 Å². The quantitative estimate of drug-likeness (QED) is 0.812. The first kappa shape index (κ1) is 15.1. The Hall–Kier alpha value is -1.85. The van der Waals surface area contributed by atoms with Crippen LogP contribution in [0.4, 0.5) is 10.5 Å². The van der Waals surface area contributed by atoms with Gasteiger partial charge in [0.1, 0.15) is 5.60 Å². The maximum absolute atomic E-state index is 12.1. The molecule has 2 aromatic rings. The number of rotatable bonds is 3. The Morgan fingerprint density at radius 2 is 2.18 bits per heavy atom. The Kier molecular flexibility index (Phi) is 4.18. The topological polar surface area (TPSA) is 61.4 Å². The van der Waals surface area contributed by atoms with Gasteiger partial charge in [0.05, 0.1) is 6.54 Å². The zero-order chi connectivity index (χ0) is 15.6. The van der Waals surface area contributed by atoms with E-state index in [1.54, 1.807) is 11.3 Å². The lowest BCUT2D eigenvalue weighted by molar-refractivity contribution is 0.0229. The van der Waals surface area contributed by atoms with Crippen molar-refractivity contribution in [3.8, 4) is 0 Å². The Morgan fingerprint density at radius 3 is 3.00 bits per heavy atom. The lowest BCUT2D eigenvalue weighted by atomic mass is 9.83. The molecule has 0 aliphatic heterocycles. The van der Waals surface area contributed by atoms with Crippen LogP contribution >= 0.6 is 11.3 Å². The number of fused-ring (bicyclic) bond motifs is 1. The van der Waals surface area contributed by atoms with Crippen LogP contribution in [0.25, 0.3) is 0 Å². The van der Waals surface area contributed by atoms with Crippen LogP contribution in [0.2, 0.25) is 0 Å². The fourth-order valence-corrected chi connectivity index (χ4v) is 3.93. The number of thiophene rings is 1. The van der Waals surface area contributed by atoms with Gasteiger partial charge in [0.25, 0.3) is 0 Å². The highest BCUT2D eigenvalue weighted by atomic mass is 32.1. The minimum atomic E-state index is -0.948. The molecule has 5 heteroatoms. The standard InChI is InChI=1S/C17H20N2O2S/c1-12-5-2-3-6-14(12)19-16(20)18-11-17(21)9-4-7-15-13(17)8-10-22-15/h2-3,5-6,8,10,21H,4,7,9,11H2,1H3,(H2,18,19,20). The molecule has 0 fully saturated rings. The molecule has 3 rings (SSSR count). The molecule has 3 N–H and O–H groups in total. The minimum Gasteiger partial charge on any atom is -0.383 e. The summed E-state index contributed by atoms with van der Waals surface area (Å²) in [6, 6.07) is 9.31. The summed E-state index contributed by atoms with van der Waals surface area (Å²) < 4.78 is 0. The van der Waals surface area contributed by atoms with E-state index in [0.29, 0.717) is 6.42 Å². The molecular formula is C17H20N2O2S. The molecule has 1 aliphatic carbocycles. The van der Waals surface area contributed by atoms with Crippen LogP contribution in [0.1, 0.15) is 28.8 Å². The second kappa shape index (κ2) is 6.10. The lowest BCUT2D eigenvalue weighted by Crippen LogP contribution is -2.43.